The Labute approximate surface area is 121 Å². The lowest BCUT2D eigenvalue weighted by Crippen LogP contribution is -2.29. The van der Waals surface area contributed by atoms with Gasteiger partial charge in [-0.1, -0.05) is 11.2 Å². The predicted octanol–water partition coefficient (Wildman–Crippen LogP) is 3.17. The second-order valence-electron chi connectivity index (χ2n) is 4.68. The monoisotopic (exact) mass is 291 g/mol. The van der Waals surface area contributed by atoms with E-state index < -0.39 is 22.9 Å². The van der Waals surface area contributed by atoms with Gasteiger partial charge in [0, 0.05) is 13.1 Å². The van der Waals surface area contributed by atoms with Crippen LogP contribution in [0.4, 0.5) is 8.78 Å². The van der Waals surface area contributed by atoms with Gasteiger partial charge in [0.25, 0.3) is 0 Å². The van der Waals surface area contributed by atoms with Crippen LogP contribution in [0.15, 0.2) is 35.8 Å². The molecule has 0 saturated carbocycles. The number of rotatable bonds is 4. The largest absolute Gasteiger partial charge is 0.341 e. The van der Waals surface area contributed by atoms with Gasteiger partial charge in [0.05, 0.1) is 5.56 Å². The molecule has 2 rings (SSSR count). The molecule has 1 aromatic carbocycles. The Balaban J connectivity index is 2.14. The summed E-state index contributed by atoms with van der Waals surface area (Å²) in [6, 6.07) is 4.98. The molecule has 1 aromatic rings. The number of piperidine rings is 1. The van der Waals surface area contributed by atoms with E-state index in [4.69, 9.17) is 10.1 Å². The SMILES string of the molecule is C=C(O/N=C(\C#N)c1c(F)cccc1F)N1CCCCC1. The minimum absolute atomic E-state index is 0.277. The number of hydrogen-bond acceptors (Lipinski definition) is 4. The molecule has 0 amide bonds. The number of likely N-dealkylation sites (tertiary alicyclic amines) is 1. The van der Waals surface area contributed by atoms with E-state index in [1.165, 1.54) is 6.07 Å². The van der Waals surface area contributed by atoms with E-state index in [0.717, 1.165) is 44.5 Å². The molecule has 0 aromatic heterocycles. The highest BCUT2D eigenvalue weighted by Gasteiger charge is 2.17. The number of nitrogens with zero attached hydrogens (tertiary/aromatic N) is 3. The molecule has 0 radical (unpaired) electrons. The Bertz CT molecular complexity index is 581. The fraction of sp³-hybridized carbons (Fsp3) is 0.333. The summed E-state index contributed by atoms with van der Waals surface area (Å²) >= 11 is 0. The molecule has 1 aliphatic heterocycles. The number of oxime groups is 1. The van der Waals surface area contributed by atoms with Gasteiger partial charge in [-0.2, -0.15) is 5.26 Å². The van der Waals surface area contributed by atoms with E-state index in [-0.39, 0.29) is 5.88 Å². The highest BCUT2D eigenvalue weighted by molar-refractivity contribution is 6.11. The van der Waals surface area contributed by atoms with E-state index in [1.54, 1.807) is 6.07 Å². The number of hydrogen-bond donors (Lipinski definition) is 0. The molecule has 0 aliphatic carbocycles. The molecule has 110 valence electrons. The molecule has 0 unspecified atom stereocenters. The van der Waals surface area contributed by atoms with Gasteiger partial charge in [-0.05, 0) is 38.0 Å². The fourth-order valence-electron chi connectivity index (χ4n) is 2.15. The number of benzene rings is 1. The molecule has 0 spiro atoms. The fourth-order valence-corrected chi connectivity index (χ4v) is 2.15. The normalized spacial score (nSPS) is 15.5. The van der Waals surface area contributed by atoms with Gasteiger partial charge >= 0.3 is 0 Å². The van der Waals surface area contributed by atoms with E-state index in [0.29, 0.717) is 0 Å². The van der Waals surface area contributed by atoms with Crippen molar-refractivity contribution in [3.8, 4) is 6.07 Å². The summed E-state index contributed by atoms with van der Waals surface area (Å²) in [5, 5.41) is 12.6. The zero-order valence-corrected chi connectivity index (χ0v) is 11.5. The number of nitriles is 1. The third kappa shape index (κ3) is 3.57. The summed E-state index contributed by atoms with van der Waals surface area (Å²) in [5.74, 6) is -1.44. The van der Waals surface area contributed by atoms with Gasteiger partial charge in [-0.3, -0.25) is 0 Å². The first-order valence-electron chi connectivity index (χ1n) is 6.67. The Hall–Kier alpha value is -2.42. The summed E-state index contributed by atoms with van der Waals surface area (Å²) in [6.07, 6.45) is 3.20. The Morgan fingerprint density at radius 3 is 2.43 bits per heavy atom. The van der Waals surface area contributed by atoms with Crippen molar-refractivity contribution < 1.29 is 13.6 Å². The van der Waals surface area contributed by atoms with Gasteiger partial charge < -0.3 is 9.74 Å². The van der Waals surface area contributed by atoms with Crippen molar-refractivity contribution in [1.82, 2.24) is 4.90 Å². The highest BCUT2D eigenvalue weighted by atomic mass is 19.1. The second-order valence-corrected chi connectivity index (χ2v) is 4.68. The lowest BCUT2D eigenvalue weighted by Gasteiger charge is -2.27. The van der Waals surface area contributed by atoms with E-state index in [2.05, 4.69) is 11.7 Å². The molecule has 0 bridgehead atoms. The first kappa shape index (κ1) is 15.0. The van der Waals surface area contributed by atoms with Crippen molar-refractivity contribution >= 4 is 5.71 Å². The Morgan fingerprint density at radius 1 is 1.24 bits per heavy atom. The Morgan fingerprint density at radius 2 is 1.86 bits per heavy atom. The van der Waals surface area contributed by atoms with Crippen LogP contribution in [-0.2, 0) is 4.84 Å². The molecule has 21 heavy (non-hydrogen) atoms. The molecule has 1 fully saturated rings. The molecule has 1 saturated heterocycles. The number of halogens is 2. The van der Waals surface area contributed by atoms with Crippen molar-refractivity contribution in [2.45, 2.75) is 19.3 Å². The maximum atomic E-state index is 13.6. The van der Waals surface area contributed by atoms with E-state index in [1.807, 2.05) is 4.90 Å². The van der Waals surface area contributed by atoms with Crippen molar-refractivity contribution in [1.29, 1.82) is 5.26 Å². The van der Waals surface area contributed by atoms with Crippen molar-refractivity contribution in [2.75, 3.05) is 13.1 Å². The van der Waals surface area contributed by atoms with Crippen molar-refractivity contribution in [2.24, 2.45) is 5.16 Å². The minimum atomic E-state index is -0.859. The predicted molar refractivity (Wildman–Crippen MR) is 74.2 cm³/mol. The second kappa shape index (κ2) is 6.84. The average molecular weight is 291 g/mol. The van der Waals surface area contributed by atoms with Gasteiger partial charge in [0.2, 0.25) is 5.88 Å². The van der Waals surface area contributed by atoms with Crippen LogP contribution in [0, 0.1) is 23.0 Å². The van der Waals surface area contributed by atoms with Crippen LogP contribution in [0.25, 0.3) is 0 Å². The minimum Gasteiger partial charge on any atom is -0.341 e. The zero-order chi connectivity index (χ0) is 15.2. The third-order valence-electron chi connectivity index (χ3n) is 3.26. The first-order valence-corrected chi connectivity index (χ1v) is 6.67. The molecular weight excluding hydrogens is 276 g/mol. The van der Waals surface area contributed by atoms with Crippen LogP contribution >= 0.6 is 0 Å². The van der Waals surface area contributed by atoms with Crippen LogP contribution in [-0.4, -0.2) is 23.7 Å². The highest BCUT2D eigenvalue weighted by Crippen LogP contribution is 2.16. The molecule has 6 heteroatoms. The summed E-state index contributed by atoms with van der Waals surface area (Å²) in [6.45, 7) is 5.31. The van der Waals surface area contributed by atoms with Gasteiger partial charge in [0.15, 0.2) is 5.71 Å². The van der Waals surface area contributed by atoms with Crippen LogP contribution in [0.5, 0.6) is 0 Å². The van der Waals surface area contributed by atoms with Crippen LogP contribution < -0.4 is 0 Å². The topological polar surface area (TPSA) is 48.6 Å². The third-order valence-corrected chi connectivity index (χ3v) is 3.26. The lowest BCUT2D eigenvalue weighted by molar-refractivity contribution is 0.107. The van der Waals surface area contributed by atoms with E-state index >= 15 is 0 Å². The molecule has 0 atom stereocenters. The van der Waals surface area contributed by atoms with Crippen LogP contribution in [0.1, 0.15) is 24.8 Å². The molecular formula is C15H15F2N3O. The maximum absolute atomic E-state index is 13.6. The zero-order valence-electron chi connectivity index (χ0n) is 11.5. The van der Waals surface area contributed by atoms with Crippen molar-refractivity contribution in [3.63, 3.8) is 0 Å². The molecule has 4 nitrogen and oxygen atoms in total. The standard InChI is InChI=1S/C15H15F2N3O/c1-11(20-8-3-2-4-9-20)21-19-14(10-18)15-12(16)6-5-7-13(15)17/h5-7H,1-4,8-9H2/b19-14+. The van der Waals surface area contributed by atoms with Gasteiger partial charge in [-0.25, -0.2) is 8.78 Å². The van der Waals surface area contributed by atoms with Crippen LogP contribution in [0.3, 0.4) is 0 Å². The van der Waals surface area contributed by atoms with Crippen molar-refractivity contribution in [3.05, 3.63) is 47.9 Å². The molecule has 0 N–H and O–H groups in total. The maximum Gasteiger partial charge on any atom is 0.218 e. The average Bonchev–Trinajstić information content (AvgIpc) is 2.50. The summed E-state index contributed by atoms with van der Waals surface area (Å²) in [7, 11) is 0. The lowest BCUT2D eigenvalue weighted by atomic mass is 10.1. The quantitative estimate of drug-likeness (QED) is 0.486. The molecule has 1 aliphatic rings. The first-order chi connectivity index (χ1) is 10.1. The van der Waals surface area contributed by atoms with Gasteiger partial charge in [-0.15, -0.1) is 0 Å². The smallest absolute Gasteiger partial charge is 0.218 e. The summed E-state index contributed by atoms with van der Waals surface area (Å²) in [4.78, 5) is 6.95. The summed E-state index contributed by atoms with van der Waals surface area (Å²) < 4.78 is 27.2. The van der Waals surface area contributed by atoms with Gasteiger partial charge in [0.1, 0.15) is 17.7 Å². The van der Waals surface area contributed by atoms with E-state index in [9.17, 15) is 8.78 Å². The molecule has 1 heterocycles. The summed E-state index contributed by atoms with van der Waals surface area (Å²) in [5.41, 5.74) is -0.949. The Kier molecular flexibility index (Phi) is 4.88. The van der Waals surface area contributed by atoms with Crippen LogP contribution in [0.2, 0.25) is 0 Å².